The molecule has 2 aromatic rings. The maximum absolute atomic E-state index is 13.9. The molecular formula is C12H14FN3S. The van der Waals surface area contributed by atoms with Crippen LogP contribution in [0.15, 0.2) is 18.2 Å². The second kappa shape index (κ2) is 5.33. The molecule has 2 rings (SSSR count). The zero-order chi connectivity index (χ0) is 12.3. The summed E-state index contributed by atoms with van der Waals surface area (Å²) in [6.45, 7) is 2.38. The minimum atomic E-state index is -0.214. The van der Waals surface area contributed by atoms with E-state index in [1.807, 2.05) is 6.07 Å². The minimum absolute atomic E-state index is 0.214. The Morgan fingerprint density at radius 2 is 2.18 bits per heavy atom. The summed E-state index contributed by atoms with van der Waals surface area (Å²) < 4.78 is 13.9. The van der Waals surface area contributed by atoms with Gasteiger partial charge in [-0.25, -0.2) is 4.39 Å². The largest absolute Gasteiger partial charge is 0.330 e. The Kier molecular flexibility index (Phi) is 3.81. The lowest BCUT2D eigenvalue weighted by molar-refractivity contribution is 0.621. The normalized spacial score (nSPS) is 10.8. The smallest absolute Gasteiger partial charge is 0.150 e. The molecule has 3 nitrogen and oxygen atoms in total. The fraction of sp³-hybridized carbons (Fsp3) is 0.333. The molecule has 0 atom stereocenters. The Morgan fingerprint density at radius 1 is 1.35 bits per heavy atom. The van der Waals surface area contributed by atoms with E-state index >= 15 is 0 Å². The molecule has 0 unspecified atom stereocenters. The van der Waals surface area contributed by atoms with Crippen molar-refractivity contribution in [3.8, 4) is 10.6 Å². The van der Waals surface area contributed by atoms with Gasteiger partial charge in [0.05, 0.1) is 0 Å². The van der Waals surface area contributed by atoms with Crippen LogP contribution in [0.25, 0.3) is 10.6 Å². The molecule has 0 aliphatic carbocycles. The van der Waals surface area contributed by atoms with E-state index in [2.05, 4.69) is 10.2 Å². The number of benzene rings is 1. The van der Waals surface area contributed by atoms with E-state index < -0.39 is 0 Å². The van der Waals surface area contributed by atoms with Crippen LogP contribution in [0.1, 0.15) is 17.0 Å². The van der Waals surface area contributed by atoms with Crippen molar-refractivity contribution in [3.05, 3.63) is 34.6 Å². The summed E-state index contributed by atoms with van der Waals surface area (Å²) in [5, 5.41) is 9.62. The summed E-state index contributed by atoms with van der Waals surface area (Å²) in [4.78, 5) is 0. The van der Waals surface area contributed by atoms with Crippen LogP contribution in [0.2, 0.25) is 0 Å². The van der Waals surface area contributed by atoms with Crippen LogP contribution in [-0.4, -0.2) is 16.7 Å². The molecule has 1 heterocycles. The van der Waals surface area contributed by atoms with Gasteiger partial charge in [-0.2, -0.15) is 0 Å². The minimum Gasteiger partial charge on any atom is -0.330 e. The van der Waals surface area contributed by atoms with Gasteiger partial charge in [-0.3, -0.25) is 0 Å². The van der Waals surface area contributed by atoms with Crippen LogP contribution in [0.4, 0.5) is 4.39 Å². The highest BCUT2D eigenvalue weighted by atomic mass is 32.1. The van der Waals surface area contributed by atoms with Gasteiger partial charge < -0.3 is 5.73 Å². The Bertz CT molecular complexity index is 510. The van der Waals surface area contributed by atoms with Crippen molar-refractivity contribution in [2.24, 2.45) is 5.73 Å². The molecule has 1 aromatic heterocycles. The van der Waals surface area contributed by atoms with Crippen LogP contribution in [0.3, 0.4) is 0 Å². The summed E-state index contributed by atoms with van der Waals surface area (Å²) in [7, 11) is 0. The molecule has 17 heavy (non-hydrogen) atoms. The number of hydrogen-bond donors (Lipinski definition) is 1. The Balaban J connectivity index is 2.27. The fourth-order valence-electron chi connectivity index (χ4n) is 1.53. The van der Waals surface area contributed by atoms with E-state index in [1.165, 1.54) is 11.3 Å². The predicted octanol–water partition coefficient (Wildman–Crippen LogP) is 2.54. The number of halogens is 1. The molecule has 2 N–H and O–H groups in total. The van der Waals surface area contributed by atoms with Gasteiger partial charge in [-0.1, -0.05) is 23.5 Å². The molecule has 5 heteroatoms. The molecule has 0 fully saturated rings. The third-order valence-corrected chi connectivity index (χ3v) is 3.50. The summed E-state index contributed by atoms with van der Waals surface area (Å²) in [6.07, 6.45) is 1.69. The molecule has 0 spiro atoms. The number of nitrogens with two attached hydrogens (primary N) is 1. The molecular weight excluding hydrogens is 237 g/mol. The summed E-state index contributed by atoms with van der Waals surface area (Å²) in [5.74, 6) is -0.214. The zero-order valence-electron chi connectivity index (χ0n) is 9.61. The first-order chi connectivity index (χ1) is 8.22. The molecule has 0 aliphatic rings. The molecule has 0 amide bonds. The van der Waals surface area contributed by atoms with E-state index in [-0.39, 0.29) is 5.82 Å². The van der Waals surface area contributed by atoms with Crippen molar-refractivity contribution in [3.63, 3.8) is 0 Å². The summed E-state index contributed by atoms with van der Waals surface area (Å²) in [6, 6.07) is 5.31. The van der Waals surface area contributed by atoms with E-state index in [1.54, 1.807) is 19.1 Å². The highest BCUT2D eigenvalue weighted by Gasteiger charge is 2.12. The third-order valence-electron chi connectivity index (χ3n) is 2.48. The van der Waals surface area contributed by atoms with Gasteiger partial charge in [0, 0.05) is 12.0 Å². The van der Waals surface area contributed by atoms with Crippen LogP contribution in [0.5, 0.6) is 0 Å². The quantitative estimate of drug-likeness (QED) is 0.908. The lowest BCUT2D eigenvalue weighted by atomic mass is 10.1. The zero-order valence-corrected chi connectivity index (χ0v) is 10.4. The van der Waals surface area contributed by atoms with Gasteiger partial charge in [0.25, 0.3) is 0 Å². The molecule has 0 saturated carbocycles. The van der Waals surface area contributed by atoms with Crippen LogP contribution in [0, 0.1) is 12.7 Å². The van der Waals surface area contributed by atoms with Gasteiger partial charge in [0.15, 0.2) is 5.01 Å². The average Bonchev–Trinajstić information content (AvgIpc) is 2.78. The van der Waals surface area contributed by atoms with Crippen molar-refractivity contribution in [2.45, 2.75) is 19.8 Å². The van der Waals surface area contributed by atoms with Crippen LogP contribution in [-0.2, 0) is 6.42 Å². The molecule has 0 aliphatic heterocycles. The first kappa shape index (κ1) is 12.1. The van der Waals surface area contributed by atoms with Gasteiger partial charge >= 0.3 is 0 Å². The third kappa shape index (κ3) is 2.68. The number of aromatic nitrogens is 2. The SMILES string of the molecule is Cc1cccc(-c2nnc(CCCN)s2)c1F. The highest BCUT2D eigenvalue weighted by molar-refractivity contribution is 7.14. The Morgan fingerprint density at radius 3 is 2.94 bits per heavy atom. The maximum Gasteiger partial charge on any atom is 0.150 e. The maximum atomic E-state index is 13.9. The second-order valence-corrected chi connectivity index (χ2v) is 4.89. The predicted molar refractivity (Wildman–Crippen MR) is 67.4 cm³/mol. The summed E-state index contributed by atoms with van der Waals surface area (Å²) >= 11 is 1.43. The van der Waals surface area contributed by atoms with E-state index in [0.29, 0.717) is 22.7 Å². The second-order valence-electron chi connectivity index (χ2n) is 3.83. The van der Waals surface area contributed by atoms with Crippen LogP contribution >= 0.6 is 11.3 Å². The number of hydrogen-bond acceptors (Lipinski definition) is 4. The Hall–Kier alpha value is -1.33. The fourth-order valence-corrected chi connectivity index (χ4v) is 2.43. The first-order valence-corrected chi connectivity index (χ1v) is 6.32. The van der Waals surface area contributed by atoms with E-state index in [0.717, 1.165) is 17.8 Å². The van der Waals surface area contributed by atoms with E-state index in [4.69, 9.17) is 5.73 Å². The monoisotopic (exact) mass is 251 g/mol. The van der Waals surface area contributed by atoms with E-state index in [9.17, 15) is 4.39 Å². The highest BCUT2D eigenvalue weighted by Crippen LogP contribution is 2.27. The van der Waals surface area contributed by atoms with Gasteiger partial charge in [-0.15, -0.1) is 10.2 Å². The molecule has 90 valence electrons. The molecule has 1 aromatic carbocycles. The van der Waals surface area contributed by atoms with Crippen molar-refractivity contribution in [1.82, 2.24) is 10.2 Å². The number of rotatable bonds is 4. The standard InChI is InChI=1S/C12H14FN3S/c1-8-4-2-5-9(11(8)13)12-16-15-10(17-12)6-3-7-14/h2,4-5H,3,6-7,14H2,1H3. The van der Waals surface area contributed by atoms with Gasteiger partial charge in [-0.05, 0) is 31.5 Å². The first-order valence-electron chi connectivity index (χ1n) is 5.50. The van der Waals surface area contributed by atoms with Crippen molar-refractivity contribution < 1.29 is 4.39 Å². The van der Waals surface area contributed by atoms with Crippen molar-refractivity contribution in [1.29, 1.82) is 0 Å². The van der Waals surface area contributed by atoms with Crippen molar-refractivity contribution >= 4 is 11.3 Å². The number of aryl methyl sites for hydroxylation is 2. The average molecular weight is 251 g/mol. The molecule has 0 bridgehead atoms. The summed E-state index contributed by atoms with van der Waals surface area (Å²) in [5.41, 5.74) is 6.59. The van der Waals surface area contributed by atoms with Crippen molar-refractivity contribution in [2.75, 3.05) is 6.54 Å². The van der Waals surface area contributed by atoms with Crippen LogP contribution < -0.4 is 5.73 Å². The lowest BCUT2D eigenvalue weighted by Crippen LogP contribution is -1.99. The number of nitrogens with zero attached hydrogens (tertiary/aromatic N) is 2. The Labute approximate surface area is 104 Å². The molecule has 0 radical (unpaired) electrons. The lowest BCUT2D eigenvalue weighted by Gasteiger charge is -2.00. The van der Waals surface area contributed by atoms with Gasteiger partial charge in [0.2, 0.25) is 0 Å². The molecule has 0 saturated heterocycles. The van der Waals surface area contributed by atoms with Gasteiger partial charge in [0.1, 0.15) is 10.8 Å². The topological polar surface area (TPSA) is 51.8 Å².